The summed E-state index contributed by atoms with van der Waals surface area (Å²) in [5, 5.41) is 11.9. The summed E-state index contributed by atoms with van der Waals surface area (Å²) >= 11 is 0. The quantitative estimate of drug-likeness (QED) is 0.208. The Morgan fingerprint density at radius 2 is 1.64 bits per heavy atom. The summed E-state index contributed by atoms with van der Waals surface area (Å²) in [5.74, 6) is -2.26. The molecule has 0 fully saturated rings. The second-order valence-electron chi connectivity index (χ2n) is 2.34. The molecule has 14 heavy (non-hydrogen) atoms. The average Bonchev–Trinajstić information content (AvgIpc) is 2.17. The molecule has 0 saturated carbocycles. The minimum atomic E-state index is -0.926. The fraction of sp³-hybridized carbons (Fsp3) is 0.500. The van der Waals surface area contributed by atoms with E-state index in [1.165, 1.54) is 0 Å². The molecule has 0 spiro atoms. The van der Waals surface area contributed by atoms with Gasteiger partial charge in [0.25, 0.3) is 0 Å². The van der Waals surface area contributed by atoms with Gasteiger partial charge in [-0.1, -0.05) is 0 Å². The smallest absolute Gasteiger partial charge is 0.348 e. The van der Waals surface area contributed by atoms with Gasteiger partial charge in [0.1, 0.15) is 5.76 Å². The van der Waals surface area contributed by atoms with Crippen LogP contribution in [-0.2, 0) is 19.1 Å². The summed E-state index contributed by atoms with van der Waals surface area (Å²) < 4.78 is 8.63. The van der Waals surface area contributed by atoms with Gasteiger partial charge < -0.3 is 19.9 Å². The maximum atomic E-state index is 11.1. The van der Waals surface area contributed by atoms with E-state index in [4.69, 9.17) is 0 Å². The van der Waals surface area contributed by atoms with Crippen molar-refractivity contribution in [3.8, 4) is 0 Å². The van der Waals surface area contributed by atoms with E-state index in [0.29, 0.717) is 0 Å². The van der Waals surface area contributed by atoms with Crippen LogP contribution in [0.15, 0.2) is 11.3 Å². The van der Waals surface area contributed by atoms with Gasteiger partial charge >= 0.3 is 11.9 Å². The van der Waals surface area contributed by atoms with Gasteiger partial charge in [-0.25, -0.2) is 9.59 Å². The van der Waals surface area contributed by atoms with Crippen LogP contribution in [0.2, 0.25) is 0 Å². The second-order valence-corrected chi connectivity index (χ2v) is 2.34. The number of methoxy groups -OCH3 is 2. The number of nitrogens with one attached hydrogen (secondary N) is 1. The summed E-state index contributed by atoms with van der Waals surface area (Å²) in [6.07, 6.45) is 0. The van der Waals surface area contributed by atoms with Crippen molar-refractivity contribution in [3.63, 3.8) is 0 Å². The normalized spacial score (nSPS) is 9.07. The van der Waals surface area contributed by atoms with Crippen molar-refractivity contribution in [1.29, 1.82) is 0 Å². The molecular formula is C8H13NO5. The molecule has 0 unspecified atom stereocenters. The maximum absolute atomic E-state index is 11.1. The maximum Gasteiger partial charge on any atom is 0.348 e. The Morgan fingerprint density at radius 1 is 1.21 bits per heavy atom. The predicted octanol–water partition coefficient (Wildman–Crippen LogP) is -0.636. The lowest BCUT2D eigenvalue weighted by Gasteiger charge is -2.06. The Hall–Kier alpha value is -1.56. The van der Waals surface area contributed by atoms with Gasteiger partial charge in [0.2, 0.25) is 0 Å². The van der Waals surface area contributed by atoms with Crippen LogP contribution >= 0.6 is 0 Å². The number of aliphatic hydroxyl groups excluding tert-OH is 1. The lowest BCUT2D eigenvalue weighted by atomic mass is 10.2. The molecule has 6 nitrogen and oxygen atoms in total. The van der Waals surface area contributed by atoms with Gasteiger partial charge in [0.15, 0.2) is 5.57 Å². The molecule has 0 bridgehead atoms. The SMILES string of the molecule is CNCC(O)=C(C(=O)OC)C(=O)OC. The second kappa shape index (κ2) is 5.98. The van der Waals surface area contributed by atoms with Crippen molar-refractivity contribution in [2.45, 2.75) is 0 Å². The van der Waals surface area contributed by atoms with Gasteiger partial charge in [-0.15, -0.1) is 0 Å². The van der Waals surface area contributed by atoms with E-state index in [1.807, 2.05) is 0 Å². The standard InChI is InChI=1S/C8H13NO5/c1-9-4-5(10)6(7(11)13-2)8(12)14-3/h9-10H,4H2,1-3H3. The van der Waals surface area contributed by atoms with Gasteiger partial charge in [-0.3, -0.25) is 0 Å². The van der Waals surface area contributed by atoms with Crippen molar-refractivity contribution in [2.75, 3.05) is 27.8 Å². The highest BCUT2D eigenvalue weighted by molar-refractivity contribution is 6.14. The van der Waals surface area contributed by atoms with E-state index in [0.717, 1.165) is 14.2 Å². The molecule has 0 aromatic heterocycles. The summed E-state index contributed by atoms with van der Waals surface area (Å²) in [5.41, 5.74) is -0.496. The summed E-state index contributed by atoms with van der Waals surface area (Å²) in [6.45, 7) is -0.0144. The molecule has 80 valence electrons. The molecule has 0 aromatic rings. The number of rotatable bonds is 4. The lowest BCUT2D eigenvalue weighted by molar-refractivity contribution is -0.144. The molecule has 0 aromatic carbocycles. The zero-order chi connectivity index (χ0) is 11.1. The number of ether oxygens (including phenoxy) is 2. The molecule has 0 aliphatic carbocycles. The van der Waals surface area contributed by atoms with E-state index in [2.05, 4.69) is 14.8 Å². The van der Waals surface area contributed by atoms with E-state index in [1.54, 1.807) is 7.05 Å². The number of aliphatic hydroxyl groups is 1. The largest absolute Gasteiger partial charge is 0.510 e. The van der Waals surface area contributed by atoms with Crippen molar-refractivity contribution in [1.82, 2.24) is 5.32 Å². The summed E-state index contributed by atoms with van der Waals surface area (Å²) in [6, 6.07) is 0. The highest BCUT2D eigenvalue weighted by Crippen LogP contribution is 2.05. The molecule has 0 rings (SSSR count). The zero-order valence-electron chi connectivity index (χ0n) is 8.29. The van der Waals surface area contributed by atoms with Crippen LogP contribution in [0.5, 0.6) is 0 Å². The van der Waals surface area contributed by atoms with Crippen LogP contribution in [0.25, 0.3) is 0 Å². The van der Waals surface area contributed by atoms with Gasteiger partial charge in [-0.05, 0) is 7.05 Å². The van der Waals surface area contributed by atoms with Crippen molar-refractivity contribution in [3.05, 3.63) is 11.3 Å². The third kappa shape index (κ3) is 3.06. The van der Waals surface area contributed by atoms with Crippen LogP contribution in [0.4, 0.5) is 0 Å². The van der Waals surface area contributed by atoms with E-state index < -0.39 is 23.3 Å². The fourth-order valence-electron chi connectivity index (χ4n) is 0.779. The summed E-state index contributed by atoms with van der Waals surface area (Å²) in [7, 11) is 3.78. The van der Waals surface area contributed by atoms with Crippen molar-refractivity contribution < 1.29 is 24.2 Å². The fourth-order valence-corrected chi connectivity index (χ4v) is 0.779. The number of hydrogen-bond donors (Lipinski definition) is 2. The first-order valence-corrected chi connectivity index (χ1v) is 3.81. The van der Waals surface area contributed by atoms with E-state index in [9.17, 15) is 14.7 Å². The average molecular weight is 203 g/mol. The Balaban J connectivity index is 4.97. The first kappa shape index (κ1) is 12.4. The highest BCUT2D eigenvalue weighted by Gasteiger charge is 2.24. The Morgan fingerprint density at radius 3 is 1.93 bits per heavy atom. The third-order valence-electron chi connectivity index (χ3n) is 1.41. The Labute approximate surface area is 81.5 Å². The molecule has 2 N–H and O–H groups in total. The van der Waals surface area contributed by atoms with Crippen LogP contribution in [0.1, 0.15) is 0 Å². The number of carbonyl (C=O) groups is 2. The van der Waals surface area contributed by atoms with Gasteiger partial charge in [-0.2, -0.15) is 0 Å². The van der Waals surface area contributed by atoms with Crippen molar-refractivity contribution in [2.24, 2.45) is 0 Å². The number of likely N-dealkylation sites (N-methyl/N-ethyl adjacent to an activating group) is 1. The Kier molecular flexibility index (Phi) is 5.31. The molecule has 0 radical (unpaired) electrons. The molecular weight excluding hydrogens is 190 g/mol. The number of carbonyl (C=O) groups excluding carboxylic acids is 2. The monoisotopic (exact) mass is 203 g/mol. The minimum Gasteiger partial charge on any atom is -0.510 e. The molecule has 0 atom stereocenters. The first-order chi connectivity index (χ1) is 6.58. The lowest BCUT2D eigenvalue weighted by Crippen LogP contribution is -2.22. The molecule has 0 aliphatic heterocycles. The topological polar surface area (TPSA) is 84.9 Å². The van der Waals surface area contributed by atoms with Crippen LogP contribution in [0.3, 0.4) is 0 Å². The molecule has 0 aliphatic rings. The summed E-state index contributed by atoms with van der Waals surface area (Å²) in [4.78, 5) is 22.1. The molecule has 0 heterocycles. The van der Waals surface area contributed by atoms with Gasteiger partial charge in [0.05, 0.1) is 20.8 Å². The van der Waals surface area contributed by atoms with E-state index in [-0.39, 0.29) is 6.54 Å². The van der Waals surface area contributed by atoms with Crippen LogP contribution < -0.4 is 5.32 Å². The van der Waals surface area contributed by atoms with E-state index >= 15 is 0 Å². The minimum absolute atomic E-state index is 0.0144. The Bertz CT molecular complexity index is 240. The highest BCUT2D eigenvalue weighted by atomic mass is 16.5. The zero-order valence-corrected chi connectivity index (χ0v) is 8.29. The van der Waals surface area contributed by atoms with Crippen LogP contribution in [-0.4, -0.2) is 44.9 Å². The van der Waals surface area contributed by atoms with Gasteiger partial charge in [0, 0.05) is 0 Å². The predicted molar refractivity (Wildman–Crippen MR) is 47.6 cm³/mol. The van der Waals surface area contributed by atoms with Crippen molar-refractivity contribution >= 4 is 11.9 Å². The first-order valence-electron chi connectivity index (χ1n) is 3.81. The number of esters is 2. The number of hydrogen-bond acceptors (Lipinski definition) is 6. The van der Waals surface area contributed by atoms with Crippen LogP contribution in [0, 0.1) is 0 Å². The molecule has 0 saturated heterocycles. The molecule has 6 heteroatoms. The third-order valence-corrected chi connectivity index (χ3v) is 1.41. The molecule has 0 amide bonds.